The fourth-order valence-corrected chi connectivity index (χ4v) is 6.28. The van der Waals surface area contributed by atoms with Gasteiger partial charge in [0.2, 0.25) is 17.5 Å². The normalized spacial score (nSPS) is 21.6. The van der Waals surface area contributed by atoms with Crippen LogP contribution in [0.25, 0.3) is 32.5 Å². The number of fused-ring (bicyclic) bond motifs is 2. The van der Waals surface area contributed by atoms with Gasteiger partial charge in [-0.05, 0) is 71.6 Å². The predicted molar refractivity (Wildman–Crippen MR) is 149 cm³/mol. The number of nitrogens with zero attached hydrogens (tertiary/aromatic N) is 8. The maximum absolute atomic E-state index is 13.3. The van der Waals surface area contributed by atoms with E-state index in [1.165, 1.54) is 0 Å². The number of rotatable bonds is 4. The lowest BCUT2D eigenvalue weighted by Crippen LogP contribution is -2.57. The number of hydrogen-bond donors (Lipinski definition) is 0. The summed E-state index contributed by atoms with van der Waals surface area (Å²) in [7, 11) is 1.79. The summed E-state index contributed by atoms with van der Waals surface area (Å²) in [6.45, 7) is 10.6. The molecule has 198 valence electrons. The Morgan fingerprint density at radius 3 is 2.90 bits per heavy atom. The van der Waals surface area contributed by atoms with Crippen LogP contribution in [0.3, 0.4) is 0 Å². The second-order valence-corrected chi connectivity index (χ2v) is 11.2. The third-order valence-corrected chi connectivity index (χ3v) is 8.57. The van der Waals surface area contributed by atoms with Crippen LogP contribution in [0.5, 0.6) is 0 Å². The third kappa shape index (κ3) is 4.52. The lowest BCUT2D eigenvalue weighted by atomic mass is 9.99. The van der Waals surface area contributed by atoms with Crippen LogP contribution in [0.15, 0.2) is 41.3 Å². The van der Waals surface area contributed by atoms with Gasteiger partial charge in [0.25, 0.3) is 0 Å². The summed E-state index contributed by atoms with van der Waals surface area (Å²) in [4.78, 5) is 46.6. The number of benzene rings is 1. The molecule has 0 bridgehead atoms. The monoisotopic (exact) mass is 586 g/mol. The average molecular weight is 587 g/mol. The van der Waals surface area contributed by atoms with Gasteiger partial charge >= 0.3 is 0 Å². The SMILES string of the molecule is [C-]#[N+]c1cc(-n2nc(Br)c3cnc(C[C@@H]4CC[C@@H](C(=O)N5CCN(C)C(=O)[C@H]5C)C4)nc32)cc2cccnc12. The van der Waals surface area contributed by atoms with Gasteiger partial charge in [-0.2, -0.15) is 5.10 Å². The molecule has 3 atom stereocenters. The molecule has 4 aromatic rings. The second-order valence-electron chi connectivity index (χ2n) is 10.4. The molecule has 0 N–H and O–H groups in total. The highest BCUT2D eigenvalue weighted by atomic mass is 79.9. The zero-order chi connectivity index (χ0) is 27.3. The van der Waals surface area contributed by atoms with Gasteiger partial charge in [0, 0.05) is 44.9 Å². The van der Waals surface area contributed by atoms with E-state index < -0.39 is 6.04 Å². The second kappa shape index (κ2) is 10.0. The lowest BCUT2D eigenvalue weighted by Gasteiger charge is -2.38. The van der Waals surface area contributed by atoms with Gasteiger partial charge in [0.15, 0.2) is 5.65 Å². The van der Waals surface area contributed by atoms with Crippen molar-refractivity contribution in [3.8, 4) is 5.69 Å². The Hall–Kier alpha value is -3.91. The van der Waals surface area contributed by atoms with E-state index in [1.807, 2.05) is 25.1 Å². The summed E-state index contributed by atoms with van der Waals surface area (Å²) < 4.78 is 2.36. The molecule has 11 heteroatoms. The maximum atomic E-state index is 13.3. The number of piperazine rings is 1. The van der Waals surface area contributed by atoms with Crippen molar-refractivity contribution in [1.29, 1.82) is 0 Å². The first-order valence-electron chi connectivity index (χ1n) is 13.1. The standard InChI is InChI=1S/C28H27BrN8O2/c1-16-27(38)35(3)9-10-36(16)28(39)19-7-6-17(11-19)12-23-32-15-21-25(29)34-37(26(21)33-23)20-13-18-5-4-8-31-24(18)22(14-20)30-2/h4-5,8,13-17,19H,6-7,9-12H2,1,3H3/t16-,17-,19-/m1/s1. The van der Waals surface area contributed by atoms with Crippen LogP contribution < -0.4 is 0 Å². The molecule has 39 heavy (non-hydrogen) atoms. The molecule has 1 aliphatic carbocycles. The molecule has 4 heterocycles. The minimum atomic E-state index is -0.408. The quantitative estimate of drug-likeness (QED) is 0.330. The van der Waals surface area contributed by atoms with Crippen LogP contribution in [0.4, 0.5) is 5.69 Å². The van der Waals surface area contributed by atoms with Crippen molar-refractivity contribution in [2.24, 2.45) is 11.8 Å². The average Bonchev–Trinajstić information content (AvgIpc) is 3.55. The molecule has 1 saturated heterocycles. The van der Waals surface area contributed by atoms with Crippen LogP contribution in [0.2, 0.25) is 0 Å². The molecular formula is C28H27BrN8O2. The molecule has 2 aliphatic rings. The molecule has 1 aliphatic heterocycles. The molecule has 3 aromatic heterocycles. The molecule has 2 fully saturated rings. The van der Waals surface area contributed by atoms with Crippen molar-refractivity contribution in [3.63, 3.8) is 0 Å². The number of carbonyl (C=O) groups is 2. The van der Waals surface area contributed by atoms with E-state index in [1.54, 1.807) is 40.0 Å². The van der Waals surface area contributed by atoms with Crippen LogP contribution in [0, 0.1) is 18.4 Å². The molecule has 0 unspecified atom stereocenters. The van der Waals surface area contributed by atoms with E-state index in [-0.39, 0.29) is 23.7 Å². The third-order valence-electron chi connectivity index (χ3n) is 7.99. The highest BCUT2D eigenvalue weighted by Crippen LogP contribution is 2.36. The number of carbonyl (C=O) groups excluding carboxylic acids is 2. The first-order valence-corrected chi connectivity index (χ1v) is 13.9. The first-order chi connectivity index (χ1) is 18.8. The highest BCUT2D eigenvalue weighted by molar-refractivity contribution is 9.10. The largest absolute Gasteiger partial charge is 0.342 e. The van der Waals surface area contributed by atoms with E-state index >= 15 is 0 Å². The number of halogens is 1. The van der Waals surface area contributed by atoms with Crippen molar-refractivity contribution in [2.45, 2.75) is 38.6 Å². The molecule has 1 saturated carbocycles. The Morgan fingerprint density at radius 2 is 2.08 bits per heavy atom. The van der Waals surface area contributed by atoms with Crippen LogP contribution >= 0.6 is 15.9 Å². The highest BCUT2D eigenvalue weighted by Gasteiger charge is 2.38. The van der Waals surface area contributed by atoms with Crippen molar-refractivity contribution >= 4 is 55.4 Å². The van der Waals surface area contributed by atoms with Gasteiger partial charge in [-0.1, -0.05) is 6.07 Å². The molecular weight excluding hydrogens is 560 g/mol. The van der Waals surface area contributed by atoms with Gasteiger partial charge in [0.1, 0.15) is 16.5 Å². The smallest absolute Gasteiger partial charge is 0.244 e. The fourth-order valence-electron chi connectivity index (χ4n) is 5.84. The summed E-state index contributed by atoms with van der Waals surface area (Å²) in [6.07, 6.45) is 6.62. The Bertz CT molecular complexity index is 1660. The van der Waals surface area contributed by atoms with Gasteiger partial charge < -0.3 is 9.80 Å². The molecule has 1 aromatic carbocycles. The molecule has 6 rings (SSSR count). The number of pyridine rings is 1. The maximum Gasteiger partial charge on any atom is 0.244 e. The van der Waals surface area contributed by atoms with Gasteiger partial charge in [-0.25, -0.2) is 19.5 Å². The van der Waals surface area contributed by atoms with Crippen molar-refractivity contribution in [2.75, 3.05) is 20.1 Å². The van der Waals surface area contributed by atoms with Gasteiger partial charge in [-0.3, -0.25) is 14.6 Å². The number of likely N-dealkylation sites (N-methyl/N-ethyl adjacent to an activating group) is 1. The Kier molecular flexibility index (Phi) is 6.51. The number of amides is 2. The van der Waals surface area contributed by atoms with E-state index in [0.29, 0.717) is 46.8 Å². The minimum Gasteiger partial charge on any atom is -0.342 e. The number of aromatic nitrogens is 5. The van der Waals surface area contributed by atoms with E-state index in [2.05, 4.69) is 35.8 Å². The van der Waals surface area contributed by atoms with Crippen LogP contribution in [-0.2, 0) is 16.0 Å². The fraction of sp³-hybridized carbons (Fsp3) is 0.393. The zero-order valence-electron chi connectivity index (χ0n) is 21.7. The van der Waals surface area contributed by atoms with Gasteiger partial charge in [-0.15, -0.1) is 0 Å². The summed E-state index contributed by atoms with van der Waals surface area (Å²) in [5, 5.41) is 6.28. The molecule has 0 radical (unpaired) electrons. The van der Waals surface area contributed by atoms with Crippen LogP contribution in [-0.4, -0.2) is 72.5 Å². The Labute approximate surface area is 234 Å². The number of hydrogen-bond acceptors (Lipinski definition) is 6. The topological polar surface area (TPSA) is 101 Å². The van der Waals surface area contributed by atoms with Crippen LogP contribution in [0.1, 0.15) is 32.0 Å². The Morgan fingerprint density at radius 1 is 1.23 bits per heavy atom. The van der Waals surface area contributed by atoms with Crippen molar-refractivity contribution < 1.29 is 9.59 Å². The van der Waals surface area contributed by atoms with Crippen molar-refractivity contribution in [1.82, 2.24) is 34.5 Å². The summed E-state index contributed by atoms with van der Waals surface area (Å²) in [6, 6.07) is 7.10. The zero-order valence-corrected chi connectivity index (χ0v) is 23.3. The van der Waals surface area contributed by atoms with E-state index in [9.17, 15) is 9.59 Å². The predicted octanol–water partition coefficient (Wildman–Crippen LogP) is 4.32. The summed E-state index contributed by atoms with van der Waals surface area (Å²) in [5.74, 6) is 1.00. The van der Waals surface area contributed by atoms with E-state index in [0.717, 1.165) is 35.7 Å². The summed E-state index contributed by atoms with van der Waals surface area (Å²) in [5.41, 5.74) is 2.49. The molecule has 2 amide bonds. The lowest BCUT2D eigenvalue weighted by molar-refractivity contribution is -0.151. The molecule has 10 nitrogen and oxygen atoms in total. The first kappa shape index (κ1) is 25.4. The van der Waals surface area contributed by atoms with Crippen molar-refractivity contribution in [3.05, 3.63) is 58.5 Å². The molecule has 0 spiro atoms. The van der Waals surface area contributed by atoms with Gasteiger partial charge in [0.05, 0.1) is 23.2 Å². The van der Waals surface area contributed by atoms with E-state index in [4.69, 9.17) is 11.6 Å². The Balaban J connectivity index is 1.24. The minimum absolute atomic E-state index is 0.000170. The summed E-state index contributed by atoms with van der Waals surface area (Å²) >= 11 is 3.53.